The highest BCUT2D eigenvalue weighted by Gasteiger charge is 2.42. The number of nitrogens with two attached hydrogens (primary N) is 1. The minimum Gasteiger partial charge on any atom is -0.444 e. The lowest BCUT2D eigenvalue weighted by Gasteiger charge is -2.46. The number of rotatable bonds is 4. The Morgan fingerprint density at radius 1 is 1.28 bits per heavy atom. The normalized spacial score (nSPS) is 19.0. The molecular weight excluding hydrogens is 228 g/mol. The molecule has 0 unspecified atom stereocenters. The molecule has 1 amide bonds. The van der Waals surface area contributed by atoms with Crippen molar-refractivity contribution in [3.05, 3.63) is 0 Å². The number of hydrogen-bond acceptors (Lipinski definition) is 3. The van der Waals surface area contributed by atoms with Gasteiger partial charge in [-0.15, -0.1) is 0 Å². The number of amides is 1. The van der Waals surface area contributed by atoms with E-state index in [-0.39, 0.29) is 17.0 Å². The quantitative estimate of drug-likeness (QED) is 0.813. The van der Waals surface area contributed by atoms with Gasteiger partial charge in [0.1, 0.15) is 5.60 Å². The molecule has 1 aliphatic carbocycles. The Morgan fingerprint density at radius 3 is 2.17 bits per heavy atom. The van der Waals surface area contributed by atoms with Crippen molar-refractivity contribution in [3.63, 3.8) is 0 Å². The highest BCUT2D eigenvalue weighted by molar-refractivity contribution is 5.69. The highest BCUT2D eigenvalue weighted by Crippen LogP contribution is 2.41. The van der Waals surface area contributed by atoms with E-state index in [2.05, 4.69) is 19.2 Å². The number of nitrogens with one attached hydrogen (secondary N) is 1. The van der Waals surface area contributed by atoms with E-state index in [9.17, 15) is 4.79 Å². The van der Waals surface area contributed by atoms with E-state index < -0.39 is 5.60 Å². The third-order valence-electron chi connectivity index (χ3n) is 3.45. The second-order valence-electron chi connectivity index (χ2n) is 7.31. The second kappa shape index (κ2) is 5.08. The molecule has 0 aromatic rings. The molecule has 0 aliphatic heterocycles. The van der Waals surface area contributed by atoms with Gasteiger partial charge in [0.25, 0.3) is 0 Å². The van der Waals surface area contributed by atoms with Crippen molar-refractivity contribution < 1.29 is 9.53 Å². The lowest BCUT2D eigenvalue weighted by molar-refractivity contribution is 0.0310. The van der Waals surface area contributed by atoms with Crippen LogP contribution in [0, 0.1) is 5.41 Å². The third-order valence-corrected chi connectivity index (χ3v) is 3.45. The first-order valence-electron chi connectivity index (χ1n) is 6.79. The summed E-state index contributed by atoms with van der Waals surface area (Å²) in [5.74, 6) is 0. The fraction of sp³-hybridized carbons (Fsp3) is 0.929. The van der Waals surface area contributed by atoms with E-state index in [0.717, 1.165) is 25.7 Å². The third kappa shape index (κ3) is 4.48. The molecule has 3 N–H and O–H groups in total. The molecular formula is C14H28N2O2. The average molecular weight is 256 g/mol. The summed E-state index contributed by atoms with van der Waals surface area (Å²) in [6.07, 6.45) is 3.81. The fourth-order valence-electron chi connectivity index (χ4n) is 2.46. The van der Waals surface area contributed by atoms with Crippen LogP contribution in [0.2, 0.25) is 0 Å². The van der Waals surface area contributed by atoms with Crippen LogP contribution in [0.15, 0.2) is 0 Å². The first kappa shape index (κ1) is 15.3. The molecule has 1 saturated carbocycles. The van der Waals surface area contributed by atoms with Crippen molar-refractivity contribution in [1.29, 1.82) is 0 Å². The largest absolute Gasteiger partial charge is 0.444 e. The minimum absolute atomic E-state index is 0.0510. The van der Waals surface area contributed by atoms with Gasteiger partial charge in [0.2, 0.25) is 0 Å². The summed E-state index contributed by atoms with van der Waals surface area (Å²) in [6, 6.07) is 0. The van der Waals surface area contributed by atoms with Gasteiger partial charge in [-0.05, 0) is 58.4 Å². The first-order valence-corrected chi connectivity index (χ1v) is 6.79. The van der Waals surface area contributed by atoms with Crippen LogP contribution in [0.25, 0.3) is 0 Å². The van der Waals surface area contributed by atoms with Gasteiger partial charge in [-0.3, -0.25) is 0 Å². The van der Waals surface area contributed by atoms with Crippen molar-refractivity contribution >= 4 is 6.09 Å². The number of hydrogen-bond donors (Lipinski definition) is 2. The topological polar surface area (TPSA) is 64.3 Å². The standard InChI is InChI=1S/C14H28N2O2/c1-12(2,3)18-11(17)16-14(7-6-8-14)9-13(4,5)10-15/h6-10,15H2,1-5H3,(H,16,17). The molecule has 0 atom stereocenters. The van der Waals surface area contributed by atoms with E-state index in [1.165, 1.54) is 0 Å². The molecule has 0 saturated heterocycles. The lowest BCUT2D eigenvalue weighted by atomic mass is 9.67. The monoisotopic (exact) mass is 256 g/mol. The second-order valence-corrected chi connectivity index (χ2v) is 7.31. The van der Waals surface area contributed by atoms with E-state index in [0.29, 0.717) is 6.54 Å². The number of ether oxygens (including phenoxy) is 1. The summed E-state index contributed by atoms with van der Waals surface area (Å²) >= 11 is 0. The molecule has 106 valence electrons. The van der Waals surface area contributed by atoms with Gasteiger partial charge in [-0.25, -0.2) is 4.79 Å². The van der Waals surface area contributed by atoms with Crippen molar-refractivity contribution in [2.45, 2.75) is 71.4 Å². The fourth-order valence-corrected chi connectivity index (χ4v) is 2.46. The Bertz CT molecular complexity index is 301. The van der Waals surface area contributed by atoms with Crippen LogP contribution in [0.1, 0.15) is 60.3 Å². The molecule has 1 rings (SSSR count). The number of carbonyl (C=O) groups is 1. The van der Waals surface area contributed by atoms with Gasteiger partial charge in [0, 0.05) is 5.54 Å². The highest BCUT2D eigenvalue weighted by atomic mass is 16.6. The maximum absolute atomic E-state index is 11.9. The SMILES string of the molecule is CC(C)(CN)CC1(NC(=O)OC(C)(C)C)CCC1. The van der Waals surface area contributed by atoms with E-state index in [4.69, 9.17) is 10.5 Å². The van der Waals surface area contributed by atoms with Gasteiger partial charge >= 0.3 is 6.09 Å². The smallest absolute Gasteiger partial charge is 0.408 e. The van der Waals surface area contributed by atoms with Crippen LogP contribution in [0.5, 0.6) is 0 Å². The van der Waals surface area contributed by atoms with Gasteiger partial charge in [0.15, 0.2) is 0 Å². The van der Waals surface area contributed by atoms with Crippen molar-refractivity contribution in [2.75, 3.05) is 6.54 Å². The molecule has 1 fully saturated rings. The van der Waals surface area contributed by atoms with Crippen LogP contribution in [-0.4, -0.2) is 23.8 Å². The minimum atomic E-state index is -0.446. The van der Waals surface area contributed by atoms with Crippen LogP contribution in [0.4, 0.5) is 4.79 Å². The Balaban J connectivity index is 2.59. The van der Waals surface area contributed by atoms with Crippen molar-refractivity contribution in [2.24, 2.45) is 11.1 Å². The van der Waals surface area contributed by atoms with Crippen LogP contribution >= 0.6 is 0 Å². The Morgan fingerprint density at radius 2 is 1.83 bits per heavy atom. The summed E-state index contributed by atoms with van der Waals surface area (Å²) in [7, 11) is 0. The number of carbonyl (C=O) groups excluding carboxylic acids is 1. The lowest BCUT2D eigenvalue weighted by Crippen LogP contribution is -2.57. The summed E-state index contributed by atoms with van der Waals surface area (Å²) < 4.78 is 5.34. The summed E-state index contributed by atoms with van der Waals surface area (Å²) in [5, 5.41) is 3.06. The molecule has 0 bridgehead atoms. The molecule has 0 spiro atoms. The van der Waals surface area contributed by atoms with Gasteiger partial charge < -0.3 is 15.8 Å². The molecule has 0 heterocycles. The van der Waals surface area contributed by atoms with E-state index in [1.807, 2.05) is 20.8 Å². The summed E-state index contributed by atoms with van der Waals surface area (Å²) in [6.45, 7) is 10.6. The molecule has 4 heteroatoms. The van der Waals surface area contributed by atoms with Crippen LogP contribution < -0.4 is 11.1 Å². The van der Waals surface area contributed by atoms with Crippen molar-refractivity contribution in [3.8, 4) is 0 Å². The first-order chi connectivity index (χ1) is 8.08. The zero-order valence-electron chi connectivity index (χ0n) is 12.4. The van der Waals surface area contributed by atoms with Gasteiger partial charge in [-0.1, -0.05) is 13.8 Å². The molecule has 0 aromatic carbocycles. The maximum atomic E-state index is 11.9. The van der Waals surface area contributed by atoms with Gasteiger partial charge in [-0.2, -0.15) is 0 Å². The Hall–Kier alpha value is -0.770. The van der Waals surface area contributed by atoms with Gasteiger partial charge in [0.05, 0.1) is 0 Å². The molecule has 1 aliphatic rings. The van der Waals surface area contributed by atoms with E-state index in [1.54, 1.807) is 0 Å². The molecule has 18 heavy (non-hydrogen) atoms. The molecule has 0 aromatic heterocycles. The molecule has 4 nitrogen and oxygen atoms in total. The predicted octanol–water partition coefficient (Wildman–Crippen LogP) is 2.81. The summed E-state index contributed by atoms with van der Waals surface area (Å²) in [5.41, 5.74) is 5.28. The Kier molecular flexibility index (Phi) is 4.31. The molecule has 0 radical (unpaired) electrons. The van der Waals surface area contributed by atoms with E-state index >= 15 is 0 Å². The number of alkyl carbamates (subject to hydrolysis) is 1. The summed E-state index contributed by atoms with van der Waals surface area (Å²) in [4.78, 5) is 11.9. The Labute approximate surface area is 111 Å². The zero-order valence-corrected chi connectivity index (χ0v) is 12.4. The average Bonchev–Trinajstić information content (AvgIpc) is 2.11. The maximum Gasteiger partial charge on any atom is 0.408 e. The zero-order chi connectivity index (χ0) is 14.0. The predicted molar refractivity (Wildman–Crippen MR) is 73.4 cm³/mol. The van der Waals surface area contributed by atoms with Crippen LogP contribution in [-0.2, 0) is 4.74 Å². The van der Waals surface area contributed by atoms with Crippen molar-refractivity contribution in [1.82, 2.24) is 5.32 Å². The van der Waals surface area contributed by atoms with Crippen LogP contribution in [0.3, 0.4) is 0 Å².